The Bertz CT molecular complexity index is 701. The maximum Gasteiger partial charge on any atom is 0.238 e. The molecule has 4 unspecified atom stereocenters. The second-order valence-corrected chi connectivity index (χ2v) is 7.59. The third-order valence-corrected chi connectivity index (χ3v) is 6.12. The molecule has 128 valence electrons. The average molecular weight is 346 g/mol. The first kappa shape index (κ1) is 16.0. The van der Waals surface area contributed by atoms with Gasteiger partial charge in [-0.3, -0.25) is 10.2 Å². The quantitative estimate of drug-likeness (QED) is 0.557. The lowest BCUT2D eigenvalue weighted by Crippen LogP contribution is -2.49. The second-order valence-electron chi connectivity index (χ2n) is 6.48. The summed E-state index contributed by atoms with van der Waals surface area (Å²) in [5, 5.41) is 17.7. The van der Waals surface area contributed by atoms with Crippen molar-refractivity contribution in [2.45, 2.75) is 24.6 Å². The monoisotopic (exact) mass is 346 g/mol. The van der Waals surface area contributed by atoms with Crippen molar-refractivity contribution >= 4 is 27.3 Å². The van der Waals surface area contributed by atoms with Crippen molar-refractivity contribution in [3.63, 3.8) is 0 Å². The standard InChI is InChI=1S/C17H22N4O2S/c22-13(15-7-10-3-1-2-4-14(10)24-15)9-19-17(23)16-11-8-18-6-5-12(11)20-21-16/h1-4,7,11-13,16,18,20-22H,5-6,8-9H2,(H,19,23). The van der Waals surface area contributed by atoms with Crippen LogP contribution in [0.25, 0.3) is 10.1 Å². The van der Waals surface area contributed by atoms with E-state index in [0.29, 0.717) is 6.04 Å². The van der Waals surface area contributed by atoms with Gasteiger partial charge in [0.25, 0.3) is 0 Å². The summed E-state index contributed by atoms with van der Waals surface area (Å²) >= 11 is 1.57. The summed E-state index contributed by atoms with van der Waals surface area (Å²) in [6, 6.07) is 10.1. The third-order valence-electron chi connectivity index (χ3n) is 4.91. The highest BCUT2D eigenvalue weighted by atomic mass is 32.1. The molecule has 0 radical (unpaired) electrons. The number of hydrogen-bond donors (Lipinski definition) is 5. The van der Waals surface area contributed by atoms with Crippen LogP contribution in [0.1, 0.15) is 17.4 Å². The number of aliphatic hydroxyl groups excluding tert-OH is 1. The van der Waals surface area contributed by atoms with Crippen molar-refractivity contribution in [1.82, 2.24) is 21.5 Å². The van der Waals surface area contributed by atoms with Crippen molar-refractivity contribution in [3.05, 3.63) is 35.2 Å². The first-order valence-corrected chi connectivity index (χ1v) is 9.20. The number of carbonyl (C=O) groups is 1. The van der Waals surface area contributed by atoms with Gasteiger partial charge in [-0.1, -0.05) is 18.2 Å². The molecule has 0 saturated carbocycles. The van der Waals surface area contributed by atoms with Crippen molar-refractivity contribution in [3.8, 4) is 0 Å². The first-order chi connectivity index (χ1) is 11.7. The minimum atomic E-state index is -0.680. The Labute approximate surface area is 144 Å². The summed E-state index contributed by atoms with van der Waals surface area (Å²) < 4.78 is 1.15. The third kappa shape index (κ3) is 3.05. The van der Waals surface area contributed by atoms with Gasteiger partial charge in [0.2, 0.25) is 5.91 Å². The first-order valence-electron chi connectivity index (χ1n) is 8.38. The number of hydrogen-bond acceptors (Lipinski definition) is 6. The molecule has 2 saturated heterocycles. The number of amides is 1. The minimum Gasteiger partial charge on any atom is -0.386 e. The number of rotatable bonds is 4. The van der Waals surface area contributed by atoms with Crippen LogP contribution in [0, 0.1) is 5.92 Å². The summed E-state index contributed by atoms with van der Waals surface area (Å²) in [6.07, 6.45) is 0.340. The lowest BCUT2D eigenvalue weighted by atomic mass is 9.89. The fourth-order valence-electron chi connectivity index (χ4n) is 3.55. The molecule has 3 heterocycles. The number of nitrogens with one attached hydrogen (secondary N) is 4. The zero-order valence-corrected chi connectivity index (χ0v) is 14.1. The fraction of sp³-hybridized carbons (Fsp3) is 0.471. The number of aliphatic hydroxyl groups is 1. The van der Waals surface area contributed by atoms with E-state index in [9.17, 15) is 9.90 Å². The molecule has 1 aromatic heterocycles. The highest BCUT2D eigenvalue weighted by Gasteiger charge is 2.41. The van der Waals surface area contributed by atoms with Crippen LogP contribution in [0.3, 0.4) is 0 Å². The van der Waals surface area contributed by atoms with Crippen molar-refractivity contribution in [2.75, 3.05) is 19.6 Å². The molecular formula is C17H22N4O2S. The lowest BCUT2D eigenvalue weighted by Gasteiger charge is -2.27. The van der Waals surface area contributed by atoms with Gasteiger partial charge in [0.05, 0.1) is 0 Å². The van der Waals surface area contributed by atoms with Gasteiger partial charge in [-0.2, -0.15) is 0 Å². The number of carbonyl (C=O) groups excluding carboxylic acids is 1. The van der Waals surface area contributed by atoms with E-state index in [1.54, 1.807) is 11.3 Å². The normalized spacial score (nSPS) is 27.8. The molecular weight excluding hydrogens is 324 g/mol. The Morgan fingerprint density at radius 1 is 1.38 bits per heavy atom. The number of fused-ring (bicyclic) bond motifs is 2. The Morgan fingerprint density at radius 3 is 3.12 bits per heavy atom. The van der Waals surface area contributed by atoms with Crippen LogP contribution in [-0.4, -0.2) is 42.7 Å². The Balaban J connectivity index is 1.36. The van der Waals surface area contributed by atoms with Crippen LogP contribution in [-0.2, 0) is 4.79 Å². The van der Waals surface area contributed by atoms with Crippen LogP contribution in [0.4, 0.5) is 0 Å². The Kier molecular flexibility index (Phi) is 4.51. The van der Waals surface area contributed by atoms with Crippen LogP contribution < -0.4 is 21.5 Å². The molecule has 24 heavy (non-hydrogen) atoms. The number of thiophene rings is 1. The van der Waals surface area contributed by atoms with E-state index in [1.165, 1.54) is 0 Å². The minimum absolute atomic E-state index is 0.0566. The van der Waals surface area contributed by atoms with Crippen LogP contribution in [0.2, 0.25) is 0 Å². The van der Waals surface area contributed by atoms with Crippen LogP contribution in [0.15, 0.2) is 30.3 Å². The molecule has 5 N–H and O–H groups in total. The molecule has 2 aromatic rings. The molecule has 0 spiro atoms. The summed E-state index contributed by atoms with van der Waals surface area (Å²) in [7, 11) is 0. The number of hydrazine groups is 1. The predicted octanol–water partition coefficient (Wildman–Crippen LogP) is 0.505. The van der Waals surface area contributed by atoms with E-state index in [2.05, 4.69) is 21.5 Å². The van der Waals surface area contributed by atoms with Gasteiger partial charge in [0.1, 0.15) is 12.1 Å². The molecule has 6 nitrogen and oxygen atoms in total. The maximum absolute atomic E-state index is 12.5. The largest absolute Gasteiger partial charge is 0.386 e. The highest BCUT2D eigenvalue weighted by molar-refractivity contribution is 7.19. The number of piperidine rings is 1. The molecule has 0 bridgehead atoms. The molecule has 2 aliphatic rings. The van der Waals surface area contributed by atoms with Gasteiger partial charge in [0.15, 0.2) is 0 Å². The van der Waals surface area contributed by atoms with Gasteiger partial charge in [-0.05, 0) is 30.5 Å². The van der Waals surface area contributed by atoms with Crippen molar-refractivity contribution in [2.24, 2.45) is 5.92 Å². The molecule has 1 aromatic carbocycles. The van der Waals surface area contributed by atoms with Crippen LogP contribution in [0.5, 0.6) is 0 Å². The molecule has 0 aliphatic carbocycles. The lowest BCUT2D eigenvalue weighted by molar-refractivity contribution is -0.124. The molecule has 4 atom stereocenters. The summed E-state index contributed by atoms with van der Waals surface area (Å²) in [4.78, 5) is 13.3. The predicted molar refractivity (Wildman–Crippen MR) is 94.6 cm³/mol. The molecule has 1 amide bonds. The summed E-state index contributed by atoms with van der Waals surface area (Å²) in [6.45, 7) is 2.05. The maximum atomic E-state index is 12.5. The summed E-state index contributed by atoms with van der Waals surface area (Å²) in [5.74, 6) is 0.194. The van der Waals surface area contributed by atoms with Crippen LogP contribution >= 0.6 is 11.3 Å². The van der Waals surface area contributed by atoms with E-state index in [-0.39, 0.29) is 24.4 Å². The van der Waals surface area contributed by atoms with E-state index in [1.807, 2.05) is 30.3 Å². The summed E-state index contributed by atoms with van der Waals surface area (Å²) in [5.41, 5.74) is 6.32. The zero-order chi connectivity index (χ0) is 16.5. The van der Waals surface area contributed by atoms with E-state index in [4.69, 9.17) is 0 Å². The van der Waals surface area contributed by atoms with Crippen molar-refractivity contribution < 1.29 is 9.90 Å². The second kappa shape index (κ2) is 6.78. The topological polar surface area (TPSA) is 85.4 Å². The van der Waals surface area contributed by atoms with Gasteiger partial charge in [-0.25, -0.2) is 5.43 Å². The molecule has 4 rings (SSSR count). The smallest absolute Gasteiger partial charge is 0.238 e. The Hall–Kier alpha value is -1.51. The van der Waals surface area contributed by atoms with E-state index >= 15 is 0 Å². The zero-order valence-electron chi connectivity index (χ0n) is 13.3. The van der Waals surface area contributed by atoms with Gasteiger partial charge in [-0.15, -0.1) is 11.3 Å². The van der Waals surface area contributed by atoms with E-state index < -0.39 is 6.10 Å². The Morgan fingerprint density at radius 2 is 2.25 bits per heavy atom. The van der Waals surface area contributed by atoms with Gasteiger partial charge in [0, 0.05) is 34.6 Å². The van der Waals surface area contributed by atoms with Gasteiger partial charge >= 0.3 is 0 Å². The molecule has 2 fully saturated rings. The molecule has 2 aliphatic heterocycles. The van der Waals surface area contributed by atoms with Gasteiger partial charge < -0.3 is 15.7 Å². The fourth-order valence-corrected chi connectivity index (χ4v) is 4.60. The van der Waals surface area contributed by atoms with Crippen molar-refractivity contribution in [1.29, 1.82) is 0 Å². The number of benzene rings is 1. The average Bonchev–Trinajstić information content (AvgIpc) is 3.23. The molecule has 7 heteroatoms. The highest BCUT2D eigenvalue weighted by Crippen LogP contribution is 2.29. The SMILES string of the molecule is O=C(NCC(O)c1cc2ccccc2s1)C1NNC2CCNCC21. The van der Waals surface area contributed by atoms with E-state index in [0.717, 1.165) is 34.5 Å².